The van der Waals surface area contributed by atoms with Gasteiger partial charge in [0.1, 0.15) is 0 Å². The first kappa shape index (κ1) is 15.0. The lowest BCUT2D eigenvalue weighted by Gasteiger charge is -2.18. The zero-order chi connectivity index (χ0) is 15.6. The summed E-state index contributed by atoms with van der Waals surface area (Å²) in [4.78, 5) is 24.1. The molecule has 1 unspecified atom stereocenters. The van der Waals surface area contributed by atoms with Crippen molar-refractivity contribution in [3.05, 3.63) is 47.5 Å². The van der Waals surface area contributed by atoms with E-state index in [1.807, 2.05) is 50.2 Å². The predicted octanol–water partition coefficient (Wildman–Crippen LogP) is 2.57. The van der Waals surface area contributed by atoms with Crippen LogP contribution in [-0.2, 0) is 4.79 Å². The van der Waals surface area contributed by atoms with Crippen LogP contribution in [0.3, 0.4) is 0 Å². The summed E-state index contributed by atoms with van der Waals surface area (Å²) in [5.74, 6) is -1.05. The first-order valence-electron chi connectivity index (χ1n) is 7.03. The van der Waals surface area contributed by atoms with E-state index in [0.717, 1.165) is 10.8 Å². The molecule has 0 heterocycles. The van der Waals surface area contributed by atoms with Gasteiger partial charge < -0.3 is 11.1 Å². The van der Waals surface area contributed by atoms with E-state index in [-0.39, 0.29) is 11.9 Å². The van der Waals surface area contributed by atoms with Gasteiger partial charge in [0.2, 0.25) is 11.8 Å². The van der Waals surface area contributed by atoms with E-state index in [1.165, 1.54) is 0 Å². The van der Waals surface area contributed by atoms with Gasteiger partial charge in [-0.1, -0.05) is 36.4 Å². The average molecular weight is 284 g/mol. The molecule has 0 saturated heterocycles. The van der Waals surface area contributed by atoms with Gasteiger partial charge in [-0.25, -0.2) is 0 Å². The minimum Gasteiger partial charge on any atom is -0.366 e. The number of nitrogens with one attached hydrogen (secondary N) is 1. The number of carbonyl (C=O) groups excluding carboxylic acids is 2. The first-order valence-corrected chi connectivity index (χ1v) is 7.03. The largest absolute Gasteiger partial charge is 0.366 e. The fraction of sp³-hybridized carbons (Fsp3) is 0.294. The summed E-state index contributed by atoms with van der Waals surface area (Å²) in [5, 5.41) is 4.58. The molecule has 4 heteroatoms. The molecule has 2 aromatic rings. The molecule has 1 atom stereocenters. The number of hydrogen-bond donors (Lipinski definition) is 2. The molecule has 110 valence electrons. The van der Waals surface area contributed by atoms with Crippen molar-refractivity contribution in [2.75, 3.05) is 0 Å². The van der Waals surface area contributed by atoms with E-state index < -0.39 is 11.8 Å². The van der Waals surface area contributed by atoms with Gasteiger partial charge in [0.25, 0.3) is 0 Å². The van der Waals surface area contributed by atoms with E-state index >= 15 is 0 Å². The molecule has 0 spiro atoms. The molecule has 3 N–H and O–H groups in total. The van der Waals surface area contributed by atoms with Gasteiger partial charge in [-0.2, -0.15) is 0 Å². The SMILES string of the molecule is CC(C)NC(=O)C(C)c1ccc2ccccc2c1C(N)=O. The molecular formula is C17H20N2O2. The van der Waals surface area contributed by atoms with Crippen LogP contribution in [0.1, 0.15) is 42.6 Å². The van der Waals surface area contributed by atoms with E-state index in [9.17, 15) is 9.59 Å². The number of benzene rings is 2. The molecule has 2 rings (SSSR count). The Morgan fingerprint density at radius 1 is 1.05 bits per heavy atom. The van der Waals surface area contributed by atoms with Gasteiger partial charge in [-0.3, -0.25) is 9.59 Å². The summed E-state index contributed by atoms with van der Waals surface area (Å²) in [7, 11) is 0. The molecule has 0 fully saturated rings. The zero-order valence-corrected chi connectivity index (χ0v) is 12.5. The second-order valence-electron chi connectivity index (χ2n) is 5.50. The molecule has 4 nitrogen and oxygen atoms in total. The highest BCUT2D eigenvalue weighted by atomic mass is 16.2. The molecule has 0 radical (unpaired) electrons. The maximum atomic E-state index is 12.2. The molecule has 0 aliphatic rings. The molecule has 0 aliphatic carbocycles. The minimum absolute atomic E-state index is 0.0532. The fourth-order valence-corrected chi connectivity index (χ4v) is 2.47. The number of amides is 2. The van der Waals surface area contributed by atoms with Crippen molar-refractivity contribution < 1.29 is 9.59 Å². The van der Waals surface area contributed by atoms with Crippen LogP contribution in [0.15, 0.2) is 36.4 Å². The van der Waals surface area contributed by atoms with Crippen LogP contribution < -0.4 is 11.1 Å². The molecule has 0 bridgehead atoms. The maximum absolute atomic E-state index is 12.2. The number of primary amides is 1. The Labute approximate surface area is 124 Å². The molecule has 2 aromatic carbocycles. The number of fused-ring (bicyclic) bond motifs is 1. The van der Waals surface area contributed by atoms with Crippen LogP contribution in [0.5, 0.6) is 0 Å². The van der Waals surface area contributed by atoms with Crippen LogP contribution in [0, 0.1) is 0 Å². The summed E-state index contributed by atoms with van der Waals surface area (Å²) >= 11 is 0. The maximum Gasteiger partial charge on any atom is 0.249 e. The van der Waals surface area contributed by atoms with Gasteiger partial charge in [-0.15, -0.1) is 0 Å². The van der Waals surface area contributed by atoms with Crippen LogP contribution in [0.25, 0.3) is 10.8 Å². The Kier molecular flexibility index (Phi) is 4.26. The van der Waals surface area contributed by atoms with Gasteiger partial charge in [0.15, 0.2) is 0 Å². The zero-order valence-electron chi connectivity index (χ0n) is 12.5. The monoisotopic (exact) mass is 284 g/mol. The standard InChI is InChI=1S/C17H20N2O2/c1-10(2)19-17(21)11(3)13-9-8-12-6-4-5-7-14(12)15(13)16(18)20/h4-11H,1-3H3,(H2,18,20)(H,19,21). The van der Waals surface area contributed by atoms with Gasteiger partial charge >= 0.3 is 0 Å². The van der Waals surface area contributed by atoms with E-state index in [1.54, 1.807) is 6.92 Å². The topological polar surface area (TPSA) is 72.2 Å². The fourth-order valence-electron chi connectivity index (χ4n) is 2.47. The highest BCUT2D eigenvalue weighted by Gasteiger charge is 2.22. The Morgan fingerprint density at radius 2 is 1.71 bits per heavy atom. The summed E-state index contributed by atoms with van der Waals surface area (Å²) in [6.07, 6.45) is 0. The van der Waals surface area contributed by atoms with E-state index in [0.29, 0.717) is 11.1 Å². The van der Waals surface area contributed by atoms with Crippen molar-refractivity contribution in [3.63, 3.8) is 0 Å². The van der Waals surface area contributed by atoms with Gasteiger partial charge in [0, 0.05) is 6.04 Å². The quantitative estimate of drug-likeness (QED) is 0.905. The van der Waals surface area contributed by atoms with Crippen molar-refractivity contribution in [1.29, 1.82) is 0 Å². The van der Waals surface area contributed by atoms with Gasteiger partial charge in [-0.05, 0) is 37.1 Å². The summed E-state index contributed by atoms with van der Waals surface area (Å²) in [6, 6.07) is 11.3. The molecule has 2 amide bonds. The van der Waals surface area contributed by atoms with E-state index in [4.69, 9.17) is 5.73 Å². The minimum atomic E-state index is -0.508. The van der Waals surface area contributed by atoms with Crippen LogP contribution in [-0.4, -0.2) is 17.9 Å². The highest BCUT2D eigenvalue weighted by molar-refractivity contribution is 6.08. The third-order valence-corrected chi connectivity index (χ3v) is 3.50. The third kappa shape index (κ3) is 3.05. The smallest absolute Gasteiger partial charge is 0.249 e. The number of rotatable bonds is 4. The Bertz CT molecular complexity index is 692. The van der Waals surface area contributed by atoms with Crippen LogP contribution >= 0.6 is 0 Å². The predicted molar refractivity (Wildman–Crippen MR) is 84.2 cm³/mol. The molecule has 0 aliphatic heterocycles. The third-order valence-electron chi connectivity index (χ3n) is 3.50. The molecule has 21 heavy (non-hydrogen) atoms. The highest BCUT2D eigenvalue weighted by Crippen LogP contribution is 2.27. The second-order valence-corrected chi connectivity index (χ2v) is 5.50. The average Bonchev–Trinajstić information content (AvgIpc) is 2.44. The van der Waals surface area contributed by atoms with Crippen molar-refractivity contribution in [3.8, 4) is 0 Å². The van der Waals surface area contributed by atoms with Crippen molar-refractivity contribution in [1.82, 2.24) is 5.32 Å². The summed E-state index contributed by atoms with van der Waals surface area (Å²) in [5.41, 5.74) is 6.65. The number of hydrogen-bond acceptors (Lipinski definition) is 2. The second kappa shape index (κ2) is 5.95. The van der Waals surface area contributed by atoms with Crippen LogP contribution in [0.2, 0.25) is 0 Å². The number of carbonyl (C=O) groups is 2. The van der Waals surface area contributed by atoms with Crippen molar-refractivity contribution >= 4 is 22.6 Å². The normalized spacial score (nSPS) is 12.4. The van der Waals surface area contributed by atoms with Crippen molar-refractivity contribution in [2.45, 2.75) is 32.7 Å². The molecule has 0 saturated carbocycles. The number of nitrogens with two attached hydrogens (primary N) is 1. The summed E-state index contributed by atoms with van der Waals surface area (Å²) in [6.45, 7) is 5.59. The first-order chi connectivity index (χ1) is 9.91. The van der Waals surface area contributed by atoms with Crippen molar-refractivity contribution in [2.24, 2.45) is 5.73 Å². The molecular weight excluding hydrogens is 264 g/mol. The van der Waals surface area contributed by atoms with Gasteiger partial charge in [0.05, 0.1) is 11.5 Å². The van der Waals surface area contributed by atoms with E-state index in [2.05, 4.69) is 5.32 Å². The Balaban J connectivity index is 2.56. The lowest BCUT2D eigenvalue weighted by Crippen LogP contribution is -2.34. The lowest BCUT2D eigenvalue weighted by molar-refractivity contribution is -0.122. The van der Waals surface area contributed by atoms with Crippen LogP contribution in [0.4, 0.5) is 0 Å². The lowest BCUT2D eigenvalue weighted by atomic mass is 9.90. The Morgan fingerprint density at radius 3 is 2.33 bits per heavy atom. The molecule has 0 aromatic heterocycles. The Hall–Kier alpha value is -2.36. The summed E-state index contributed by atoms with van der Waals surface area (Å²) < 4.78 is 0.